The van der Waals surface area contributed by atoms with Crippen LogP contribution in [0.3, 0.4) is 0 Å². The Kier molecular flexibility index (Phi) is 4.62. The van der Waals surface area contributed by atoms with Crippen LogP contribution < -0.4 is 5.32 Å². The Hall–Kier alpha value is -1.89. The van der Waals surface area contributed by atoms with Crippen molar-refractivity contribution >= 4 is 27.8 Å². The summed E-state index contributed by atoms with van der Waals surface area (Å²) in [5, 5.41) is 2.99. The van der Waals surface area contributed by atoms with Crippen molar-refractivity contribution in [1.82, 2.24) is 9.97 Å². The fourth-order valence-corrected chi connectivity index (χ4v) is 1.85. The summed E-state index contributed by atoms with van der Waals surface area (Å²) in [6.45, 7) is 5.84. The van der Waals surface area contributed by atoms with Gasteiger partial charge in [0.2, 0.25) is 5.95 Å². The Labute approximate surface area is 131 Å². The Morgan fingerprint density at radius 3 is 2.86 bits per heavy atom. The maximum Gasteiger partial charge on any atom is 0.358 e. The second-order valence-electron chi connectivity index (χ2n) is 5.32. The van der Waals surface area contributed by atoms with Gasteiger partial charge in [0.1, 0.15) is 11.4 Å². The maximum atomic E-state index is 12.1. The predicted octanol–water partition coefficient (Wildman–Crippen LogP) is 3.40. The lowest BCUT2D eigenvalue weighted by Gasteiger charge is -2.19. The van der Waals surface area contributed by atoms with E-state index >= 15 is 0 Å². The fraction of sp³-hybridized carbons (Fsp3) is 0.357. The van der Waals surface area contributed by atoms with Gasteiger partial charge in [-0.15, -0.1) is 0 Å². The highest BCUT2D eigenvalue weighted by molar-refractivity contribution is 9.10. The van der Waals surface area contributed by atoms with Crippen LogP contribution in [0.1, 0.15) is 37.0 Å². The number of ether oxygens (including phenoxy) is 1. The first-order valence-electron chi connectivity index (χ1n) is 6.37. The first-order chi connectivity index (χ1) is 9.85. The van der Waals surface area contributed by atoms with Crippen LogP contribution in [0, 0.1) is 0 Å². The number of hydrogen-bond acceptors (Lipinski definition) is 6. The molecular weight excluding hydrogens is 338 g/mol. The fourth-order valence-electron chi connectivity index (χ4n) is 1.50. The topological polar surface area (TPSA) is 77.2 Å². The van der Waals surface area contributed by atoms with Gasteiger partial charge in [0.25, 0.3) is 0 Å². The van der Waals surface area contributed by atoms with Gasteiger partial charge in [0.15, 0.2) is 5.69 Å². The molecule has 0 aromatic carbocycles. The van der Waals surface area contributed by atoms with Crippen molar-refractivity contribution in [3.05, 3.63) is 40.5 Å². The molecule has 0 aliphatic rings. The summed E-state index contributed by atoms with van der Waals surface area (Å²) in [6.07, 6.45) is 3.10. The summed E-state index contributed by atoms with van der Waals surface area (Å²) in [4.78, 5) is 20.3. The molecule has 2 rings (SSSR count). The quantitative estimate of drug-likeness (QED) is 0.848. The average molecular weight is 354 g/mol. The van der Waals surface area contributed by atoms with Gasteiger partial charge in [0.05, 0.1) is 17.3 Å². The Balaban J connectivity index is 2.11. The number of anilines is 1. The van der Waals surface area contributed by atoms with Crippen LogP contribution in [-0.4, -0.2) is 21.5 Å². The SMILES string of the molecule is CC(C)(C)OC(=O)c1nc(NCc2ccco2)ncc1Br. The molecule has 21 heavy (non-hydrogen) atoms. The van der Waals surface area contributed by atoms with Crippen LogP contribution in [0.25, 0.3) is 0 Å². The van der Waals surface area contributed by atoms with Crippen molar-refractivity contribution < 1.29 is 13.9 Å². The standard InChI is InChI=1S/C14H16BrN3O3/c1-14(2,3)21-12(19)11-10(15)8-17-13(18-11)16-7-9-5-4-6-20-9/h4-6,8H,7H2,1-3H3,(H,16,17,18). The van der Waals surface area contributed by atoms with Crippen LogP contribution in [0.4, 0.5) is 5.95 Å². The molecule has 2 heterocycles. The number of hydrogen-bond donors (Lipinski definition) is 1. The lowest BCUT2D eigenvalue weighted by molar-refractivity contribution is 0.00616. The Morgan fingerprint density at radius 1 is 1.48 bits per heavy atom. The lowest BCUT2D eigenvalue weighted by Crippen LogP contribution is -2.25. The van der Waals surface area contributed by atoms with E-state index in [1.54, 1.807) is 33.1 Å². The lowest BCUT2D eigenvalue weighted by atomic mass is 10.2. The van der Waals surface area contributed by atoms with Crippen molar-refractivity contribution in [2.75, 3.05) is 5.32 Å². The van der Waals surface area contributed by atoms with Gasteiger partial charge in [-0.3, -0.25) is 0 Å². The highest BCUT2D eigenvalue weighted by Crippen LogP contribution is 2.19. The van der Waals surface area contributed by atoms with Crippen molar-refractivity contribution in [3.63, 3.8) is 0 Å². The molecule has 1 N–H and O–H groups in total. The Morgan fingerprint density at radius 2 is 2.24 bits per heavy atom. The van der Waals surface area contributed by atoms with Gasteiger partial charge in [0, 0.05) is 6.20 Å². The maximum absolute atomic E-state index is 12.1. The number of carbonyl (C=O) groups is 1. The molecule has 0 saturated carbocycles. The number of nitrogens with one attached hydrogen (secondary N) is 1. The third-order valence-electron chi connectivity index (χ3n) is 2.34. The molecule has 6 nitrogen and oxygen atoms in total. The molecule has 0 saturated heterocycles. The number of aromatic nitrogens is 2. The van der Waals surface area contributed by atoms with Crippen molar-refractivity contribution in [3.8, 4) is 0 Å². The highest BCUT2D eigenvalue weighted by Gasteiger charge is 2.22. The highest BCUT2D eigenvalue weighted by atomic mass is 79.9. The summed E-state index contributed by atoms with van der Waals surface area (Å²) in [5.74, 6) is 0.577. The van der Waals surface area contributed by atoms with Gasteiger partial charge in [-0.2, -0.15) is 0 Å². The molecule has 0 spiro atoms. The molecule has 0 bridgehead atoms. The second kappa shape index (κ2) is 6.26. The van der Waals surface area contributed by atoms with Crippen molar-refractivity contribution in [2.24, 2.45) is 0 Å². The van der Waals surface area contributed by atoms with Gasteiger partial charge in [-0.25, -0.2) is 14.8 Å². The van der Waals surface area contributed by atoms with Crippen LogP contribution in [0.2, 0.25) is 0 Å². The zero-order chi connectivity index (χ0) is 15.5. The van der Waals surface area contributed by atoms with Gasteiger partial charge >= 0.3 is 5.97 Å². The summed E-state index contributed by atoms with van der Waals surface area (Å²) in [5.41, 5.74) is -0.398. The van der Waals surface area contributed by atoms with E-state index < -0.39 is 11.6 Å². The minimum Gasteiger partial charge on any atom is -0.467 e. The van der Waals surface area contributed by atoms with Gasteiger partial charge in [-0.05, 0) is 48.8 Å². The van der Waals surface area contributed by atoms with E-state index in [9.17, 15) is 4.79 Å². The van der Waals surface area contributed by atoms with Gasteiger partial charge in [-0.1, -0.05) is 0 Å². The van der Waals surface area contributed by atoms with E-state index in [-0.39, 0.29) is 5.69 Å². The first kappa shape index (κ1) is 15.5. The molecule has 0 radical (unpaired) electrons. The third-order valence-corrected chi connectivity index (χ3v) is 2.92. The van der Waals surface area contributed by atoms with E-state index in [1.807, 2.05) is 6.07 Å². The summed E-state index contributed by atoms with van der Waals surface area (Å²) in [7, 11) is 0. The molecule has 0 atom stereocenters. The second-order valence-corrected chi connectivity index (χ2v) is 6.18. The van der Waals surface area contributed by atoms with E-state index in [0.717, 1.165) is 5.76 Å². The molecular formula is C14H16BrN3O3. The predicted molar refractivity (Wildman–Crippen MR) is 80.9 cm³/mol. The molecule has 7 heteroatoms. The molecule has 112 valence electrons. The van der Waals surface area contributed by atoms with Crippen molar-refractivity contribution in [1.29, 1.82) is 0 Å². The van der Waals surface area contributed by atoms with E-state index in [0.29, 0.717) is 17.0 Å². The third kappa shape index (κ3) is 4.56. The minimum atomic E-state index is -0.580. The number of rotatable bonds is 4. The van der Waals surface area contributed by atoms with Crippen LogP contribution >= 0.6 is 15.9 Å². The number of nitrogens with zero attached hydrogens (tertiary/aromatic N) is 2. The number of halogens is 1. The smallest absolute Gasteiger partial charge is 0.358 e. The van der Waals surface area contributed by atoms with Crippen LogP contribution in [-0.2, 0) is 11.3 Å². The summed E-state index contributed by atoms with van der Waals surface area (Å²) in [6, 6.07) is 3.63. The van der Waals surface area contributed by atoms with E-state index in [2.05, 4.69) is 31.2 Å². The minimum absolute atomic E-state index is 0.182. The first-order valence-corrected chi connectivity index (χ1v) is 7.16. The molecule has 0 unspecified atom stereocenters. The van der Waals surface area contributed by atoms with E-state index in [1.165, 1.54) is 6.20 Å². The normalized spacial score (nSPS) is 11.2. The molecule has 2 aromatic heterocycles. The average Bonchev–Trinajstić information content (AvgIpc) is 2.88. The summed E-state index contributed by atoms with van der Waals surface area (Å²) < 4.78 is 11.0. The summed E-state index contributed by atoms with van der Waals surface area (Å²) >= 11 is 3.26. The van der Waals surface area contributed by atoms with Crippen LogP contribution in [0.5, 0.6) is 0 Å². The number of carbonyl (C=O) groups excluding carboxylic acids is 1. The zero-order valence-electron chi connectivity index (χ0n) is 12.0. The van der Waals surface area contributed by atoms with Gasteiger partial charge < -0.3 is 14.5 Å². The molecule has 0 fully saturated rings. The van der Waals surface area contributed by atoms with Crippen LogP contribution in [0.15, 0.2) is 33.5 Å². The Bertz CT molecular complexity index is 621. The molecule has 0 aliphatic heterocycles. The monoisotopic (exact) mass is 353 g/mol. The zero-order valence-corrected chi connectivity index (χ0v) is 13.6. The van der Waals surface area contributed by atoms with Crippen molar-refractivity contribution in [2.45, 2.75) is 32.9 Å². The molecule has 0 aliphatic carbocycles. The number of esters is 1. The van der Waals surface area contributed by atoms with E-state index in [4.69, 9.17) is 9.15 Å². The number of furan rings is 1. The molecule has 2 aromatic rings. The largest absolute Gasteiger partial charge is 0.467 e. The molecule has 0 amide bonds.